The van der Waals surface area contributed by atoms with Gasteiger partial charge >= 0.3 is 0 Å². The number of imidazole rings is 1. The van der Waals surface area contributed by atoms with Crippen LogP contribution in [0.2, 0.25) is 0 Å². The van der Waals surface area contributed by atoms with E-state index in [0.717, 1.165) is 5.56 Å². The molecule has 3 atom stereocenters. The van der Waals surface area contributed by atoms with Crippen molar-refractivity contribution in [3.05, 3.63) is 72.4 Å². The number of nitrogens with one attached hydrogen (secondary N) is 1. The second-order valence-corrected chi connectivity index (χ2v) is 7.05. The largest absolute Gasteiger partial charge is 0.485 e. The number of carbonyl (C=O) groups is 1. The second kappa shape index (κ2) is 8.02. The molecule has 4 rings (SSSR count). The average molecular weight is 393 g/mol. The topological polar surface area (TPSA) is 92.5 Å². The Hall–Kier alpha value is -3.23. The molecule has 0 bridgehead atoms. The Bertz CT molecular complexity index is 991. The summed E-state index contributed by atoms with van der Waals surface area (Å²) >= 11 is 0. The number of ether oxygens (including phenoxy) is 1. The second-order valence-electron chi connectivity index (χ2n) is 7.05. The van der Waals surface area contributed by atoms with Crippen LogP contribution in [0.3, 0.4) is 0 Å². The average Bonchev–Trinajstić information content (AvgIpc) is 3.17. The fraction of sp³-hybridized carbons (Fsp3) is 0.286. The molecule has 1 aliphatic heterocycles. The molecule has 2 N–H and O–H groups in total. The summed E-state index contributed by atoms with van der Waals surface area (Å²) < 4.78 is 7.79. The molecular weight excluding hydrogens is 370 g/mol. The van der Waals surface area contributed by atoms with Crippen LogP contribution in [0.1, 0.15) is 24.4 Å². The molecule has 0 saturated carbocycles. The molecule has 1 amide bonds. The third-order valence-corrected chi connectivity index (χ3v) is 4.93. The molecule has 0 spiro atoms. The third kappa shape index (κ3) is 3.98. The number of carbonyl (C=O) groups excluding carboxylic acids is 1. The number of fused-ring (bicyclic) bond motifs is 1. The molecule has 2 aromatic heterocycles. The first-order valence-electron chi connectivity index (χ1n) is 9.42. The summed E-state index contributed by atoms with van der Waals surface area (Å²) in [6.45, 7) is 2.43. The molecule has 1 aromatic carbocycles. The summed E-state index contributed by atoms with van der Waals surface area (Å²) in [5, 5.41) is 13.6. The van der Waals surface area contributed by atoms with E-state index in [-0.39, 0.29) is 5.91 Å². The first-order valence-corrected chi connectivity index (χ1v) is 9.42. The van der Waals surface area contributed by atoms with Gasteiger partial charge in [0.1, 0.15) is 24.1 Å². The summed E-state index contributed by atoms with van der Waals surface area (Å²) in [4.78, 5) is 22.9. The Kier molecular flexibility index (Phi) is 5.28. The van der Waals surface area contributed by atoms with E-state index in [4.69, 9.17) is 4.74 Å². The number of likely N-dealkylation sites (N-methyl/N-ethyl adjacent to an activating group) is 1. The number of pyridine rings is 1. The molecule has 29 heavy (non-hydrogen) atoms. The molecule has 0 saturated heterocycles. The first kappa shape index (κ1) is 19.1. The Labute approximate surface area is 168 Å². The number of hydrogen-bond donors (Lipinski definition) is 2. The van der Waals surface area contributed by atoms with Gasteiger partial charge in [-0.25, -0.2) is 9.97 Å². The van der Waals surface area contributed by atoms with E-state index in [1.54, 1.807) is 44.8 Å². The monoisotopic (exact) mass is 393 g/mol. The minimum Gasteiger partial charge on any atom is -0.485 e. The van der Waals surface area contributed by atoms with E-state index in [2.05, 4.69) is 15.3 Å². The van der Waals surface area contributed by atoms with E-state index in [1.807, 2.05) is 34.9 Å². The number of benzene rings is 1. The Balaban J connectivity index is 1.48. The minimum atomic E-state index is -1.12. The normalized spacial score (nSPS) is 20.0. The first-order chi connectivity index (χ1) is 14.0. The van der Waals surface area contributed by atoms with E-state index in [9.17, 15) is 9.90 Å². The van der Waals surface area contributed by atoms with Gasteiger partial charge in [0.15, 0.2) is 11.6 Å². The highest BCUT2D eigenvalue weighted by Crippen LogP contribution is 2.30. The smallest absolute Gasteiger partial charge is 0.249 e. The van der Waals surface area contributed by atoms with Gasteiger partial charge in [0.2, 0.25) is 5.91 Å². The zero-order valence-electron chi connectivity index (χ0n) is 16.3. The van der Waals surface area contributed by atoms with Crippen molar-refractivity contribution >= 4 is 11.7 Å². The number of amides is 1. The van der Waals surface area contributed by atoms with Gasteiger partial charge in [0.25, 0.3) is 0 Å². The van der Waals surface area contributed by atoms with Crippen LogP contribution in [0.15, 0.2) is 61.2 Å². The number of anilines is 1. The van der Waals surface area contributed by atoms with Gasteiger partial charge in [0, 0.05) is 26.0 Å². The van der Waals surface area contributed by atoms with Crippen LogP contribution in [0, 0.1) is 0 Å². The molecule has 3 heterocycles. The highest BCUT2D eigenvalue weighted by atomic mass is 16.5. The molecule has 0 fully saturated rings. The lowest BCUT2D eigenvalue weighted by Gasteiger charge is -2.25. The number of aliphatic hydroxyl groups excluding tert-OH is 1. The van der Waals surface area contributed by atoms with Crippen LogP contribution in [0.4, 0.5) is 5.82 Å². The zero-order chi connectivity index (χ0) is 20.4. The van der Waals surface area contributed by atoms with Gasteiger partial charge in [-0.05, 0) is 24.6 Å². The Morgan fingerprint density at radius 2 is 2.00 bits per heavy atom. The quantitative estimate of drug-likeness (QED) is 0.642. The van der Waals surface area contributed by atoms with E-state index >= 15 is 0 Å². The highest BCUT2D eigenvalue weighted by molar-refractivity contribution is 5.98. The summed E-state index contributed by atoms with van der Waals surface area (Å²) in [5.74, 6) is 0.745. The van der Waals surface area contributed by atoms with Gasteiger partial charge in [0.05, 0.1) is 6.33 Å². The molecule has 0 radical (unpaired) electrons. The van der Waals surface area contributed by atoms with Crippen LogP contribution >= 0.6 is 0 Å². The molecule has 8 nitrogen and oxygen atoms in total. The van der Waals surface area contributed by atoms with Crippen molar-refractivity contribution in [2.45, 2.75) is 31.8 Å². The maximum Gasteiger partial charge on any atom is 0.249 e. The molecular formula is C21H23N5O3. The maximum atomic E-state index is 12.9. The van der Waals surface area contributed by atoms with Gasteiger partial charge in [-0.2, -0.15) is 0 Å². The van der Waals surface area contributed by atoms with Crippen LogP contribution < -0.4 is 15.0 Å². The number of aromatic nitrogens is 3. The van der Waals surface area contributed by atoms with Gasteiger partial charge in [-0.1, -0.05) is 30.3 Å². The van der Waals surface area contributed by atoms with E-state index in [0.29, 0.717) is 23.8 Å². The van der Waals surface area contributed by atoms with Crippen molar-refractivity contribution in [1.29, 1.82) is 0 Å². The zero-order valence-corrected chi connectivity index (χ0v) is 16.3. The summed E-state index contributed by atoms with van der Waals surface area (Å²) in [6.07, 6.45) is 3.41. The van der Waals surface area contributed by atoms with Crippen LogP contribution in [-0.4, -0.2) is 44.7 Å². The molecule has 1 aliphatic rings. The Morgan fingerprint density at radius 1 is 1.21 bits per heavy atom. The standard InChI is InChI=1S/C21H23N5O3/c1-14-18(21(28)25(2)19-17(29-14)9-6-10-22-19)24-20(27)16-12-26(13-23-16)11-15-7-4-3-5-8-15/h3-10,12-14,18,20,24,27H,11H2,1-2H3/t14-,18+,20?/m1/s1. The van der Waals surface area contributed by atoms with E-state index < -0.39 is 18.4 Å². The lowest BCUT2D eigenvalue weighted by molar-refractivity contribution is -0.123. The molecule has 8 heteroatoms. The SMILES string of the molecule is C[C@H]1Oc2cccnc2N(C)C(=O)[C@H]1NC(O)c1cn(Cc2ccccc2)cn1. The number of hydrogen-bond acceptors (Lipinski definition) is 6. The number of rotatable bonds is 5. The van der Waals surface area contributed by atoms with Crippen LogP contribution in [0.5, 0.6) is 5.75 Å². The van der Waals surface area contributed by atoms with Crippen LogP contribution in [-0.2, 0) is 11.3 Å². The summed E-state index contributed by atoms with van der Waals surface area (Å²) in [7, 11) is 1.64. The highest BCUT2D eigenvalue weighted by Gasteiger charge is 2.36. The summed E-state index contributed by atoms with van der Waals surface area (Å²) in [6, 6.07) is 12.7. The van der Waals surface area contributed by atoms with Crippen molar-refractivity contribution in [2.24, 2.45) is 0 Å². The van der Waals surface area contributed by atoms with Gasteiger partial charge in [-0.15, -0.1) is 0 Å². The lowest BCUT2D eigenvalue weighted by atomic mass is 10.1. The molecule has 0 aliphatic carbocycles. The number of aliphatic hydroxyl groups is 1. The molecule has 150 valence electrons. The summed E-state index contributed by atoms with van der Waals surface area (Å²) in [5.41, 5.74) is 1.57. The van der Waals surface area contributed by atoms with Crippen molar-refractivity contribution in [3.8, 4) is 5.75 Å². The van der Waals surface area contributed by atoms with Gasteiger partial charge < -0.3 is 14.4 Å². The number of nitrogens with zero attached hydrogens (tertiary/aromatic N) is 4. The molecule has 1 unspecified atom stereocenters. The predicted molar refractivity (Wildman–Crippen MR) is 107 cm³/mol. The predicted octanol–water partition coefficient (Wildman–Crippen LogP) is 1.72. The van der Waals surface area contributed by atoms with Gasteiger partial charge in [-0.3, -0.25) is 15.0 Å². The molecule has 3 aromatic rings. The van der Waals surface area contributed by atoms with Crippen molar-refractivity contribution in [2.75, 3.05) is 11.9 Å². The fourth-order valence-corrected chi connectivity index (χ4v) is 3.37. The van der Waals surface area contributed by atoms with Crippen molar-refractivity contribution in [3.63, 3.8) is 0 Å². The minimum absolute atomic E-state index is 0.238. The lowest BCUT2D eigenvalue weighted by Crippen LogP contribution is -2.52. The fourth-order valence-electron chi connectivity index (χ4n) is 3.37. The van der Waals surface area contributed by atoms with Crippen molar-refractivity contribution in [1.82, 2.24) is 19.9 Å². The maximum absolute atomic E-state index is 12.9. The Morgan fingerprint density at radius 3 is 2.79 bits per heavy atom. The van der Waals surface area contributed by atoms with E-state index in [1.165, 1.54) is 4.90 Å². The van der Waals surface area contributed by atoms with Crippen molar-refractivity contribution < 1.29 is 14.6 Å². The van der Waals surface area contributed by atoms with Crippen LogP contribution in [0.25, 0.3) is 0 Å². The third-order valence-electron chi connectivity index (χ3n) is 4.93.